The molecule has 1 aliphatic heterocycles. The maximum atomic E-state index is 12.7. The molecule has 0 radical (unpaired) electrons. The molecular weight excluding hydrogens is 510 g/mol. The highest BCUT2D eigenvalue weighted by molar-refractivity contribution is 6.02. The summed E-state index contributed by atoms with van der Waals surface area (Å²) in [5.74, 6) is -0.291. The Balaban J connectivity index is 1.43. The van der Waals surface area contributed by atoms with Crippen molar-refractivity contribution in [1.29, 1.82) is 0 Å². The van der Waals surface area contributed by atoms with Gasteiger partial charge in [-0.3, -0.25) is 9.59 Å². The number of aliphatic carboxylic acids is 1. The zero-order valence-corrected chi connectivity index (χ0v) is 23.2. The Hall–Kier alpha value is -4.33. The zero-order valence-electron chi connectivity index (χ0n) is 23.2. The van der Waals surface area contributed by atoms with Crippen molar-refractivity contribution < 1.29 is 33.7 Å². The highest BCUT2D eigenvalue weighted by Crippen LogP contribution is 2.43. The Morgan fingerprint density at radius 2 is 1.82 bits per heavy atom. The predicted molar refractivity (Wildman–Crippen MR) is 153 cm³/mol. The first-order valence-electron chi connectivity index (χ1n) is 13.5. The van der Waals surface area contributed by atoms with E-state index < -0.39 is 11.9 Å². The number of ether oxygens (including phenoxy) is 3. The van der Waals surface area contributed by atoms with Crippen LogP contribution in [0.2, 0.25) is 0 Å². The van der Waals surface area contributed by atoms with Crippen molar-refractivity contribution in [3.8, 4) is 11.5 Å². The van der Waals surface area contributed by atoms with Gasteiger partial charge in [-0.2, -0.15) is 0 Å². The fraction of sp³-hybridized carbons (Fsp3) is 0.344. The molecule has 1 amide bonds. The number of carbonyl (C=O) groups is 3. The van der Waals surface area contributed by atoms with Crippen molar-refractivity contribution in [1.82, 2.24) is 0 Å². The number of esters is 1. The molecule has 8 heteroatoms. The standard InChI is InChI=1S/C32H35NO7/c1-20(15-17-28(35)36)14-16-24-30(38-3)21(2)25-19-40-32(37)29(25)31(24)39-18-7-6-13-27(34)33-26-12-8-10-22-9-4-5-11-23(22)26/h4-5,8-12,14H,6-7,13,15-19H2,1-3H3,(H,33,34)(H,35,36). The number of cyclic esters (lactones) is 1. The number of unbranched alkanes of at least 4 members (excludes halogenated alkanes) is 1. The molecule has 0 aliphatic carbocycles. The lowest BCUT2D eigenvalue weighted by molar-refractivity contribution is -0.137. The van der Waals surface area contributed by atoms with Crippen LogP contribution in [-0.4, -0.2) is 36.7 Å². The van der Waals surface area contributed by atoms with Crippen LogP contribution in [0.1, 0.15) is 66.1 Å². The maximum absolute atomic E-state index is 12.7. The summed E-state index contributed by atoms with van der Waals surface area (Å²) in [6, 6.07) is 13.7. The molecule has 3 aromatic carbocycles. The Bertz CT molecular complexity index is 1450. The SMILES string of the molecule is COc1c(C)c2c(c(OCCCCC(=O)Nc3cccc4ccccc34)c1CC=C(C)CCC(=O)O)C(=O)OC2. The van der Waals surface area contributed by atoms with E-state index in [0.29, 0.717) is 55.8 Å². The second-order valence-electron chi connectivity index (χ2n) is 9.92. The van der Waals surface area contributed by atoms with Gasteiger partial charge in [0.2, 0.25) is 5.91 Å². The van der Waals surface area contributed by atoms with Gasteiger partial charge in [0.1, 0.15) is 23.7 Å². The number of carbonyl (C=O) groups excluding carboxylic acids is 2. The van der Waals surface area contributed by atoms with E-state index in [4.69, 9.17) is 19.3 Å². The number of hydrogen-bond donors (Lipinski definition) is 2. The first kappa shape index (κ1) is 28.7. The average Bonchev–Trinajstić information content (AvgIpc) is 3.33. The molecule has 40 heavy (non-hydrogen) atoms. The molecule has 1 heterocycles. The lowest BCUT2D eigenvalue weighted by Gasteiger charge is -2.19. The van der Waals surface area contributed by atoms with Gasteiger partial charge in [0.05, 0.1) is 13.7 Å². The number of anilines is 1. The Morgan fingerprint density at radius 3 is 2.60 bits per heavy atom. The molecule has 210 valence electrons. The monoisotopic (exact) mass is 545 g/mol. The summed E-state index contributed by atoms with van der Waals surface area (Å²) in [6.07, 6.45) is 4.39. The van der Waals surface area contributed by atoms with E-state index in [9.17, 15) is 14.4 Å². The number of nitrogens with one attached hydrogen (secondary N) is 1. The van der Waals surface area contributed by atoms with E-state index in [1.165, 1.54) is 0 Å². The van der Waals surface area contributed by atoms with Crippen LogP contribution >= 0.6 is 0 Å². The van der Waals surface area contributed by atoms with Crippen LogP contribution in [0.3, 0.4) is 0 Å². The van der Waals surface area contributed by atoms with Crippen LogP contribution in [-0.2, 0) is 27.4 Å². The van der Waals surface area contributed by atoms with E-state index >= 15 is 0 Å². The number of hydrogen-bond acceptors (Lipinski definition) is 6. The van der Waals surface area contributed by atoms with Gasteiger partial charge in [0.15, 0.2) is 0 Å². The molecule has 0 saturated carbocycles. The van der Waals surface area contributed by atoms with Gasteiger partial charge in [-0.15, -0.1) is 0 Å². The third kappa shape index (κ3) is 6.62. The van der Waals surface area contributed by atoms with Crippen LogP contribution in [0.15, 0.2) is 54.1 Å². The van der Waals surface area contributed by atoms with E-state index in [2.05, 4.69) is 5.32 Å². The van der Waals surface area contributed by atoms with Gasteiger partial charge < -0.3 is 24.6 Å². The van der Waals surface area contributed by atoms with E-state index in [-0.39, 0.29) is 18.9 Å². The van der Waals surface area contributed by atoms with Crippen molar-refractivity contribution in [3.05, 3.63) is 76.4 Å². The van der Waals surface area contributed by atoms with Gasteiger partial charge in [-0.05, 0) is 56.5 Å². The van der Waals surface area contributed by atoms with Crippen molar-refractivity contribution >= 4 is 34.3 Å². The summed E-state index contributed by atoms with van der Waals surface area (Å²) in [7, 11) is 1.58. The normalized spacial score (nSPS) is 12.7. The van der Waals surface area contributed by atoms with Gasteiger partial charge in [-0.1, -0.05) is 48.0 Å². The number of rotatable bonds is 13. The van der Waals surface area contributed by atoms with E-state index in [1.807, 2.05) is 62.4 Å². The van der Waals surface area contributed by atoms with Crippen molar-refractivity contribution in [2.24, 2.45) is 0 Å². The molecule has 8 nitrogen and oxygen atoms in total. The van der Waals surface area contributed by atoms with Gasteiger partial charge in [-0.25, -0.2) is 4.79 Å². The summed E-state index contributed by atoms with van der Waals surface area (Å²) >= 11 is 0. The molecule has 4 rings (SSSR count). The molecule has 2 N–H and O–H groups in total. The number of methoxy groups -OCH3 is 1. The summed E-state index contributed by atoms with van der Waals surface area (Å²) in [6.45, 7) is 4.24. The maximum Gasteiger partial charge on any atom is 0.342 e. The topological polar surface area (TPSA) is 111 Å². The molecule has 0 aromatic heterocycles. The largest absolute Gasteiger partial charge is 0.496 e. The minimum Gasteiger partial charge on any atom is -0.496 e. The first-order valence-corrected chi connectivity index (χ1v) is 13.5. The Labute approximate surface area is 233 Å². The Morgan fingerprint density at radius 1 is 1.05 bits per heavy atom. The van der Waals surface area contributed by atoms with Crippen molar-refractivity contribution in [2.45, 2.75) is 59.0 Å². The summed E-state index contributed by atoms with van der Waals surface area (Å²) in [4.78, 5) is 36.3. The molecule has 0 fully saturated rings. The fourth-order valence-corrected chi connectivity index (χ4v) is 4.96. The van der Waals surface area contributed by atoms with Crippen molar-refractivity contribution in [3.63, 3.8) is 0 Å². The summed E-state index contributed by atoms with van der Waals surface area (Å²) in [5.41, 5.74) is 4.43. The number of fused-ring (bicyclic) bond motifs is 2. The molecule has 0 saturated heterocycles. The molecule has 0 bridgehead atoms. The van der Waals surface area contributed by atoms with E-state index in [1.54, 1.807) is 7.11 Å². The lowest BCUT2D eigenvalue weighted by Crippen LogP contribution is -2.13. The van der Waals surface area contributed by atoms with Crippen LogP contribution in [0.4, 0.5) is 5.69 Å². The van der Waals surface area contributed by atoms with Crippen LogP contribution in [0, 0.1) is 6.92 Å². The molecule has 0 atom stereocenters. The number of allylic oxidation sites excluding steroid dienone is 2. The minimum absolute atomic E-state index is 0.0481. The second-order valence-corrected chi connectivity index (χ2v) is 9.92. The first-order chi connectivity index (χ1) is 19.3. The lowest BCUT2D eigenvalue weighted by atomic mass is 9.94. The third-order valence-electron chi connectivity index (χ3n) is 7.12. The van der Waals surface area contributed by atoms with Gasteiger partial charge >= 0.3 is 11.9 Å². The Kier molecular flexibility index (Phi) is 9.43. The summed E-state index contributed by atoms with van der Waals surface area (Å²) < 4.78 is 17.3. The molecule has 3 aromatic rings. The molecule has 1 aliphatic rings. The molecule has 0 spiro atoms. The highest BCUT2D eigenvalue weighted by Gasteiger charge is 2.33. The van der Waals surface area contributed by atoms with Crippen LogP contribution in [0.5, 0.6) is 11.5 Å². The van der Waals surface area contributed by atoms with Crippen molar-refractivity contribution in [2.75, 3.05) is 19.0 Å². The average molecular weight is 546 g/mol. The van der Waals surface area contributed by atoms with Crippen LogP contribution in [0.25, 0.3) is 10.8 Å². The smallest absolute Gasteiger partial charge is 0.342 e. The number of carboxylic acids is 1. The zero-order chi connectivity index (χ0) is 28.6. The fourth-order valence-electron chi connectivity index (χ4n) is 4.96. The molecular formula is C32H35NO7. The molecule has 0 unspecified atom stereocenters. The predicted octanol–water partition coefficient (Wildman–Crippen LogP) is 6.37. The third-order valence-corrected chi connectivity index (χ3v) is 7.12. The quantitative estimate of drug-likeness (QED) is 0.146. The minimum atomic E-state index is -0.851. The number of amides is 1. The van der Waals surface area contributed by atoms with Gasteiger partial charge in [0.25, 0.3) is 0 Å². The highest BCUT2D eigenvalue weighted by atomic mass is 16.5. The van der Waals surface area contributed by atoms with Crippen LogP contribution < -0.4 is 14.8 Å². The number of carboxylic acid groups (broad SMARTS) is 1. The second kappa shape index (κ2) is 13.2. The number of benzene rings is 3. The van der Waals surface area contributed by atoms with E-state index in [0.717, 1.165) is 38.7 Å². The summed E-state index contributed by atoms with van der Waals surface area (Å²) in [5, 5.41) is 14.1. The van der Waals surface area contributed by atoms with Gasteiger partial charge in [0, 0.05) is 35.0 Å².